The Bertz CT molecular complexity index is 1180. The highest BCUT2D eigenvalue weighted by atomic mass is 16.5. The topological polar surface area (TPSA) is 30.3 Å². The molecule has 1 fully saturated rings. The Morgan fingerprint density at radius 1 is 1.03 bits per heavy atom. The number of pyridine rings is 1. The van der Waals surface area contributed by atoms with Crippen molar-refractivity contribution in [2.75, 3.05) is 13.7 Å². The van der Waals surface area contributed by atoms with Crippen LogP contribution < -0.4 is 4.74 Å². The summed E-state index contributed by atoms with van der Waals surface area (Å²) in [6, 6.07) is 21.8. The molecule has 5 rings (SSSR count). The van der Waals surface area contributed by atoms with Crippen molar-refractivity contribution in [3.05, 3.63) is 95.4 Å². The van der Waals surface area contributed by atoms with E-state index in [1.54, 1.807) is 7.11 Å². The van der Waals surface area contributed by atoms with Crippen LogP contribution >= 0.6 is 0 Å². The lowest BCUT2D eigenvalue weighted by Crippen LogP contribution is -2.23. The average Bonchev–Trinajstić information content (AvgIpc) is 3.39. The minimum atomic E-state index is 0.393. The highest BCUT2D eigenvalue weighted by molar-refractivity contribution is 5.83. The summed E-state index contributed by atoms with van der Waals surface area (Å²) in [7, 11) is 3.84. The molecule has 4 nitrogen and oxygen atoms in total. The number of aromatic nitrogens is 2. The Labute approximate surface area is 184 Å². The third-order valence-electron chi connectivity index (χ3n) is 6.45. The van der Waals surface area contributed by atoms with Crippen LogP contribution in [0.2, 0.25) is 0 Å². The number of hydrogen-bond donors (Lipinski definition) is 0. The number of hydrogen-bond acceptors (Lipinski definition) is 3. The molecule has 0 aliphatic carbocycles. The first-order valence-electron chi connectivity index (χ1n) is 11.1. The molecule has 4 aromatic rings. The van der Waals surface area contributed by atoms with Crippen molar-refractivity contribution in [2.24, 2.45) is 7.05 Å². The number of nitrogens with zero attached hydrogens (tertiary/aromatic N) is 3. The van der Waals surface area contributed by atoms with Gasteiger partial charge >= 0.3 is 0 Å². The van der Waals surface area contributed by atoms with Crippen molar-refractivity contribution in [1.82, 2.24) is 14.5 Å². The summed E-state index contributed by atoms with van der Waals surface area (Å²) in [4.78, 5) is 7.47. The summed E-state index contributed by atoms with van der Waals surface area (Å²) >= 11 is 0. The summed E-state index contributed by atoms with van der Waals surface area (Å²) in [5.74, 6) is 0.900. The molecule has 4 heteroatoms. The monoisotopic (exact) mass is 411 g/mol. The predicted molar refractivity (Wildman–Crippen MR) is 125 cm³/mol. The summed E-state index contributed by atoms with van der Waals surface area (Å²) in [5, 5.41) is 1.36. The van der Waals surface area contributed by atoms with Crippen LogP contribution in [0.1, 0.15) is 41.3 Å². The Kier molecular flexibility index (Phi) is 5.47. The third-order valence-corrected chi connectivity index (χ3v) is 6.45. The second-order valence-electron chi connectivity index (χ2n) is 8.53. The first-order chi connectivity index (χ1) is 15.2. The number of likely N-dealkylation sites (tertiary alicyclic amines) is 1. The molecule has 1 saturated heterocycles. The summed E-state index contributed by atoms with van der Waals surface area (Å²) in [5.41, 5.74) is 6.36. The predicted octanol–water partition coefficient (Wildman–Crippen LogP) is 5.51. The SMILES string of the molecule is COc1cccc(Cc2ccc(C3CCCN3Cc3cn(C)c4ccccc34)nc2)c1. The van der Waals surface area contributed by atoms with E-state index >= 15 is 0 Å². The molecule has 3 heterocycles. The normalized spacial score (nSPS) is 16.8. The van der Waals surface area contributed by atoms with E-state index in [-0.39, 0.29) is 0 Å². The zero-order chi connectivity index (χ0) is 21.2. The number of fused-ring (bicyclic) bond motifs is 1. The molecule has 31 heavy (non-hydrogen) atoms. The van der Waals surface area contributed by atoms with Crippen molar-refractivity contribution >= 4 is 10.9 Å². The number of rotatable bonds is 6. The molecule has 0 bridgehead atoms. The molecular formula is C27H29N3O. The minimum absolute atomic E-state index is 0.393. The van der Waals surface area contributed by atoms with E-state index in [2.05, 4.69) is 71.2 Å². The van der Waals surface area contributed by atoms with E-state index < -0.39 is 0 Å². The van der Waals surface area contributed by atoms with Gasteiger partial charge in [-0.3, -0.25) is 9.88 Å². The van der Waals surface area contributed by atoms with Gasteiger partial charge in [0.25, 0.3) is 0 Å². The molecule has 158 valence electrons. The lowest BCUT2D eigenvalue weighted by Gasteiger charge is -2.24. The molecule has 1 unspecified atom stereocenters. The molecule has 1 aliphatic rings. The van der Waals surface area contributed by atoms with Crippen molar-refractivity contribution in [3.63, 3.8) is 0 Å². The minimum Gasteiger partial charge on any atom is -0.497 e. The molecule has 0 saturated carbocycles. The Morgan fingerprint density at radius 2 is 1.94 bits per heavy atom. The third kappa shape index (κ3) is 4.08. The summed E-state index contributed by atoms with van der Waals surface area (Å²) in [6.45, 7) is 2.10. The van der Waals surface area contributed by atoms with Crippen molar-refractivity contribution in [3.8, 4) is 5.75 Å². The van der Waals surface area contributed by atoms with E-state index in [1.165, 1.54) is 46.1 Å². The molecule has 0 spiro atoms. The Hall–Kier alpha value is -3.11. The van der Waals surface area contributed by atoms with Crippen LogP contribution in [0.5, 0.6) is 5.75 Å². The number of ether oxygens (including phenoxy) is 1. The fraction of sp³-hybridized carbons (Fsp3) is 0.296. The highest BCUT2D eigenvalue weighted by Crippen LogP contribution is 2.34. The van der Waals surface area contributed by atoms with Crippen LogP contribution in [0.3, 0.4) is 0 Å². The van der Waals surface area contributed by atoms with Crippen LogP contribution in [0.4, 0.5) is 0 Å². The lowest BCUT2D eigenvalue weighted by molar-refractivity contribution is 0.245. The smallest absolute Gasteiger partial charge is 0.119 e. The van der Waals surface area contributed by atoms with Crippen LogP contribution in [0.25, 0.3) is 10.9 Å². The molecule has 1 atom stereocenters. The van der Waals surface area contributed by atoms with Gasteiger partial charge in [0.05, 0.1) is 18.8 Å². The molecule has 2 aromatic carbocycles. The zero-order valence-electron chi connectivity index (χ0n) is 18.3. The van der Waals surface area contributed by atoms with E-state index in [9.17, 15) is 0 Å². The first kappa shape index (κ1) is 19.8. The van der Waals surface area contributed by atoms with Gasteiger partial charge in [-0.2, -0.15) is 0 Å². The van der Waals surface area contributed by atoms with Gasteiger partial charge in [0.2, 0.25) is 0 Å². The average molecular weight is 412 g/mol. The molecule has 1 aliphatic heterocycles. The number of benzene rings is 2. The largest absolute Gasteiger partial charge is 0.497 e. The van der Waals surface area contributed by atoms with E-state index in [4.69, 9.17) is 9.72 Å². The van der Waals surface area contributed by atoms with Crippen molar-refractivity contribution < 1.29 is 4.74 Å². The lowest BCUT2D eigenvalue weighted by atomic mass is 10.0. The highest BCUT2D eigenvalue weighted by Gasteiger charge is 2.27. The van der Waals surface area contributed by atoms with Crippen LogP contribution in [0.15, 0.2) is 73.1 Å². The second kappa shape index (κ2) is 8.56. The fourth-order valence-electron chi connectivity index (χ4n) is 4.88. The molecule has 0 amide bonds. The van der Waals surface area contributed by atoms with Gasteiger partial charge in [-0.05, 0) is 66.8 Å². The van der Waals surface area contributed by atoms with Gasteiger partial charge in [0.1, 0.15) is 5.75 Å². The molecule has 0 N–H and O–H groups in total. The summed E-state index contributed by atoms with van der Waals surface area (Å²) in [6.07, 6.45) is 7.60. The van der Waals surface area contributed by atoms with Gasteiger partial charge in [0, 0.05) is 36.9 Å². The number of para-hydroxylation sites is 1. The Balaban J connectivity index is 1.32. The molecular weight excluding hydrogens is 382 g/mol. The summed E-state index contributed by atoms with van der Waals surface area (Å²) < 4.78 is 7.58. The van der Waals surface area contributed by atoms with Crippen molar-refractivity contribution in [1.29, 1.82) is 0 Å². The van der Waals surface area contributed by atoms with Crippen molar-refractivity contribution in [2.45, 2.75) is 31.8 Å². The van der Waals surface area contributed by atoms with Gasteiger partial charge in [0.15, 0.2) is 0 Å². The second-order valence-corrected chi connectivity index (χ2v) is 8.53. The van der Waals surface area contributed by atoms with Gasteiger partial charge in [-0.15, -0.1) is 0 Å². The number of aryl methyl sites for hydroxylation is 1. The zero-order valence-corrected chi connectivity index (χ0v) is 18.3. The van der Waals surface area contributed by atoms with Crippen LogP contribution in [-0.4, -0.2) is 28.1 Å². The van der Waals surface area contributed by atoms with Gasteiger partial charge < -0.3 is 9.30 Å². The maximum atomic E-state index is 5.35. The first-order valence-corrected chi connectivity index (χ1v) is 11.1. The van der Waals surface area contributed by atoms with E-state index in [0.29, 0.717) is 6.04 Å². The maximum absolute atomic E-state index is 5.35. The fourth-order valence-corrected chi connectivity index (χ4v) is 4.88. The molecule has 2 aromatic heterocycles. The van der Waals surface area contributed by atoms with E-state index in [0.717, 1.165) is 25.3 Å². The van der Waals surface area contributed by atoms with Gasteiger partial charge in [-0.25, -0.2) is 0 Å². The van der Waals surface area contributed by atoms with Crippen LogP contribution in [-0.2, 0) is 20.0 Å². The van der Waals surface area contributed by atoms with E-state index in [1.807, 2.05) is 18.3 Å². The van der Waals surface area contributed by atoms with Crippen LogP contribution in [0, 0.1) is 0 Å². The molecule has 0 radical (unpaired) electrons. The maximum Gasteiger partial charge on any atom is 0.119 e. The van der Waals surface area contributed by atoms with Gasteiger partial charge in [-0.1, -0.05) is 36.4 Å². The quantitative estimate of drug-likeness (QED) is 0.419. The standard InChI is InChI=1S/C27H29N3O/c1-29-18-22(24-9-3-4-10-26(24)29)19-30-14-6-11-27(30)25-13-12-21(17-28-25)15-20-7-5-8-23(16-20)31-2/h3-5,7-10,12-13,16-18,27H,6,11,14-15,19H2,1-2H3. The number of methoxy groups -OCH3 is 1. The Morgan fingerprint density at radius 3 is 2.77 bits per heavy atom.